The standard InChI is InChI=1S/C18H18F3NO3S/c1-12-11-16(12)17(13-5-3-2-4-6-13)22-26(23,24)15-9-7-14(8-10-15)25-18(19,20)21/h2-10,12,16-17,22H,11H2,1H3/t12?,16?,17-/m0/s1. The van der Waals surface area contributed by atoms with Crippen LogP contribution >= 0.6 is 0 Å². The Morgan fingerprint density at radius 1 is 1.08 bits per heavy atom. The summed E-state index contributed by atoms with van der Waals surface area (Å²) in [5.74, 6) is 0.136. The fourth-order valence-electron chi connectivity index (χ4n) is 2.93. The van der Waals surface area contributed by atoms with Crippen molar-refractivity contribution in [2.24, 2.45) is 11.8 Å². The van der Waals surface area contributed by atoms with Crippen LogP contribution in [-0.2, 0) is 10.0 Å². The van der Waals surface area contributed by atoms with E-state index < -0.39 is 22.1 Å². The minimum Gasteiger partial charge on any atom is -0.406 e. The van der Waals surface area contributed by atoms with Gasteiger partial charge in [0.15, 0.2) is 0 Å². The number of rotatable bonds is 6. The van der Waals surface area contributed by atoms with Crippen LogP contribution in [0.5, 0.6) is 5.75 Å². The van der Waals surface area contributed by atoms with Gasteiger partial charge in [0.2, 0.25) is 10.0 Å². The third-order valence-electron chi connectivity index (χ3n) is 4.41. The minimum absolute atomic E-state index is 0.110. The number of ether oxygens (including phenoxy) is 1. The van der Waals surface area contributed by atoms with Gasteiger partial charge in [-0.05, 0) is 48.1 Å². The molecule has 0 amide bonds. The Kier molecular flexibility index (Phi) is 4.98. The second kappa shape index (κ2) is 6.92. The zero-order valence-corrected chi connectivity index (χ0v) is 14.7. The lowest BCUT2D eigenvalue weighted by Gasteiger charge is -2.19. The second-order valence-corrected chi connectivity index (χ2v) is 8.12. The Morgan fingerprint density at radius 2 is 1.65 bits per heavy atom. The van der Waals surface area contributed by atoms with Crippen molar-refractivity contribution >= 4 is 10.0 Å². The summed E-state index contributed by atoms with van der Waals surface area (Å²) in [6.45, 7) is 2.05. The number of benzene rings is 2. The molecule has 1 aliphatic rings. The SMILES string of the molecule is CC1CC1[C@@H](NS(=O)(=O)c1ccc(OC(F)(F)F)cc1)c1ccccc1. The maximum atomic E-state index is 12.7. The molecule has 2 aromatic carbocycles. The van der Waals surface area contributed by atoms with Crippen LogP contribution in [0, 0.1) is 11.8 Å². The predicted molar refractivity (Wildman–Crippen MR) is 89.9 cm³/mol. The molecule has 1 N–H and O–H groups in total. The zero-order valence-electron chi connectivity index (χ0n) is 13.9. The third kappa shape index (κ3) is 4.56. The van der Waals surface area contributed by atoms with Crippen molar-refractivity contribution in [1.29, 1.82) is 0 Å². The van der Waals surface area contributed by atoms with Gasteiger partial charge in [-0.25, -0.2) is 13.1 Å². The molecule has 1 saturated carbocycles. The Morgan fingerprint density at radius 3 is 2.15 bits per heavy atom. The average molecular weight is 385 g/mol. The van der Waals surface area contributed by atoms with Gasteiger partial charge in [-0.15, -0.1) is 13.2 Å². The van der Waals surface area contributed by atoms with Crippen LogP contribution < -0.4 is 9.46 Å². The van der Waals surface area contributed by atoms with Crippen LogP contribution in [0.3, 0.4) is 0 Å². The third-order valence-corrected chi connectivity index (χ3v) is 5.87. The van der Waals surface area contributed by atoms with Gasteiger partial charge in [0.1, 0.15) is 5.75 Å². The minimum atomic E-state index is -4.82. The summed E-state index contributed by atoms with van der Waals surface area (Å²) < 4.78 is 68.5. The zero-order chi connectivity index (χ0) is 18.9. The summed E-state index contributed by atoms with van der Waals surface area (Å²) in [6.07, 6.45) is -3.90. The van der Waals surface area contributed by atoms with Gasteiger partial charge in [0.05, 0.1) is 10.9 Å². The number of hydrogen-bond donors (Lipinski definition) is 1. The van der Waals surface area contributed by atoms with E-state index in [-0.39, 0.29) is 16.9 Å². The molecule has 4 nitrogen and oxygen atoms in total. The quantitative estimate of drug-likeness (QED) is 0.808. The second-order valence-electron chi connectivity index (χ2n) is 6.41. The molecule has 3 atom stereocenters. The van der Waals surface area contributed by atoms with E-state index in [1.165, 1.54) is 0 Å². The topological polar surface area (TPSA) is 55.4 Å². The van der Waals surface area contributed by atoms with E-state index in [0.717, 1.165) is 36.2 Å². The fraction of sp³-hybridized carbons (Fsp3) is 0.333. The Hall–Kier alpha value is -2.06. The monoisotopic (exact) mass is 385 g/mol. The Labute approximate surface area is 150 Å². The van der Waals surface area contributed by atoms with Crippen LogP contribution in [0.4, 0.5) is 13.2 Å². The van der Waals surface area contributed by atoms with Gasteiger partial charge in [0, 0.05) is 0 Å². The Balaban J connectivity index is 1.80. The van der Waals surface area contributed by atoms with Gasteiger partial charge in [0.25, 0.3) is 0 Å². The highest BCUT2D eigenvalue weighted by atomic mass is 32.2. The summed E-state index contributed by atoms with van der Waals surface area (Å²) in [5.41, 5.74) is 0.863. The van der Waals surface area contributed by atoms with Crippen LogP contribution in [0.1, 0.15) is 24.9 Å². The highest BCUT2D eigenvalue weighted by Crippen LogP contribution is 2.47. The molecule has 2 unspecified atom stereocenters. The molecular weight excluding hydrogens is 367 g/mol. The van der Waals surface area contributed by atoms with E-state index in [9.17, 15) is 21.6 Å². The molecular formula is C18H18F3NO3S. The molecule has 0 saturated heterocycles. The number of alkyl halides is 3. The Bertz CT molecular complexity index is 852. The molecule has 3 rings (SSSR count). The molecule has 140 valence electrons. The normalized spacial score (nSPS) is 21.2. The number of sulfonamides is 1. The molecule has 1 fully saturated rings. The van der Waals surface area contributed by atoms with Crippen molar-refractivity contribution in [3.05, 3.63) is 60.2 Å². The van der Waals surface area contributed by atoms with Gasteiger partial charge in [-0.3, -0.25) is 0 Å². The molecule has 26 heavy (non-hydrogen) atoms. The first-order valence-electron chi connectivity index (χ1n) is 8.09. The van der Waals surface area contributed by atoms with Gasteiger partial charge >= 0.3 is 6.36 Å². The molecule has 8 heteroatoms. The molecule has 0 radical (unpaired) electrons. The fourth-order valence-corrected chi connectivity index (χ4v) is 4.21. The van der Waals surface area contributed by atoms with Crippen molar-refractivity contribution < 1.29 is 26.3 Å². The molecule has 1 aliphatic carbocycles. The van der Waals surface area contributed by atoms with Crippen LogP contribution in [-0.4, -0.2) is 14.8 Å². The van der Waals surface area contributed by atoms with E-state index in [0.29, 0.717) is 5.92 Å². The number of nitrogens with one attached hydrogen (secondary N) is 1. The average Bonchev–Trinajstić information content (AvgIpc) is 3.29. The van der Waals surface area contributed by atoms with Gasteiger partial charge < -0.3 is 4.74 Å². The lowest BCUT2D eigenvalue weighted by molar-refractivity contribution is -0.274. The van der Waals surface area contributed by atoms with Crippen molar-refractivity contribution in [1.82, 2.24) is 4.72 Å². The first-order valence-corrected chi connectivity index (χ1v) is 9.57. The van der Waals surface area contributed by atoms with E-state index in [1.807, 2.05) is 30.3 Å². The smallest absolute Gasteiger partial charge is 0.406 e. The van der Waals surface area contributed by atoms with Crippen molar-refractivity contribution in [3.63, 3.8) is 0 Å². The number of hydrogen-bond acceptors (Lipinski definition) is 3. The highest BCUT2D eigenvalue weighted by molar-refractivity contribution is 7.89. The lowest BCUT2D eigenvalue weighted by atomic mass is 10.0. The molecule has 2 aromatic rings. The van der Waals surface area contributed by atoms with Gasteiger partial charge in [-0.1, -0.05) is 37.3 Å². The van der Waals surface area contributed by atoms with Gasteiger partial charge in [-0.2, -0.15) is 0 Å². The van der Waals surface area contributed by atoms with Crippen LogP contribution in [0.25, 0.3) is 0 Å². The van der Waals surface area contributed by atoms with Crippen molar-refractivity contribution in [3.8, 4) is 5.75 Å². The molecule has 0 spiro atoms. The maximum Gasteiger partial charge on any atom is 0.573 e. The summed E-state index contributed by atoms with van der Waals surface area (Å²) in [4.78, 5) is -0.110. The van der Waals surface area contributed by atoms with E-state index in [2.05, 4.69) is 16.4 Å². The molecule has 0 aliphatic heterocycles. The highest BCUT2D eigenvalue weighted by Gasteiger charge is 2.42. The van der Waals surface area contributed by atoms with Crippen molar-refractivity contribution in [2.75, 3.05) is 0 Å². The van der Waals surface area contributed by atoms with E-state index >= 15 is 0 Å². The maximum absolute atomic E-state index is 12.7. The van der Waals surface area contributed by atoms with E-state index in [1.54, 1.807) is 0 Å². The molecule has 0 heterocycles. The number of halogens is 3. The summed E-state index contributed by atoms with van der Waals surface area (Å²) in [7, 11) is -3.88. The summed E-state index contributed by atoms with van der Waals surface area (Å²) in [5, 5.41) is 0. The predicted octanol–water partition coefficient (Wildman–Crippen LogP) is 4.26. The summed E-state index contributed by atoms with van der Waals surface area (Å²) >= 11 is 0. The largest absolute Gasteiger partial charge is 0.573 e. The van der Waals surface area contributed by atoms with Crippen LogP contribution in [0.2, 0.25) is 0 Å². The summed E-state index contributed by atoms with van der Waals surface area (Å²) in [6, 6.07) is 13.0. The van der Waals surface area contributed by atoms with Crippen LogP contribution in [0.15, 0.2) is 59.5 Å². The first kappa shape index (κ1) is 18.7. The van der Waals surface area contributed by atoms with E-state index in [4.69, 9.17) is 0 Å². The molecule has 0 aromatic heterocycles. The lowest BCUT2D eigenvalue weighted by Crippen LogP contribution is -2.30. The first-order chi connectivity index (χ1) is 12.2. The van der Waals surface area contributed by atoms with Crippen molar-refractivity contribution in [2.45, 2.75) is 30.6 Å². The molecule has 0 bridgehead atoms.